The molecule has 0 saturated heterocycles. The molecule has 0 saturated carbocycles. The number of aliphatic hydroxyl groups is 2. The van der Waals surface area contributed by atoms with Crippen molar-refractivity contribution in [2.24, 2.45) is 5.92 Å². The molecule has 0 bridgehead atoms. The predicted octanol–water partition coefficient (Wildman–Crippen LogP) is 4.70. The van der Waals surface area contributed by atoms with E-state index < -0.39 is 12.2 Å². The standard InChI is InChI=1S/C20H32O2/c1-14(2)18-11-9-15(3)7-6-8-16(4)10-12-19(21)17(5)13-20(18)22/h8-9,11,14,19-22H,5-7,10,12-13H2,1-4H3/b15-9-,16-8-,18-11+. The summed E-state index contributed by atoms with van der Waals surface area (Å²) in [6.07, 6.45) is 9.39. The number of aliphatic hydroxyl groups excluding tert-OH is 2. The summed E-state index contributed by atoms with van der Waals surface area (Å²) >= 11 is 0. The molecule has 0 amide bonds. The van der Waals surface area contributed by atoms with Gasteiger partial charge in [-0.25, -0.2) is 0 Å². The van der Waals surface area contributed by atoms with Crippen LogP contribution in [0.25, 0.3) is 0 Å². The lowest BCUT2D eigenvalue weighted by molar-refractivity contribution is 0.163. The van der Waals surface area contributed by atoms with Gasteiger partial charge in [0.15, 0.2) is 0 Å². The minimum absolute atomic E-state index is 0.277. The van der Waals surface area contributed by atoms with Crippen molar-refractivity contribution in [2.75, 3.05) is 0 Å². The highest BCUT2D eigenvalue weighted by Crippen LogP contribution is 2.24. The molecule has 0 radical (unpaired) electrons. The second kappa shape index (κ2) is 9.12. The third kappa shape index (κ3) is 6.33. The summed E-state index contributed by atoms with van der Waals surface area (Å²) in [7, 11) is 0. The fourth-order valence-electron chi connectivity index (χ4n) is 2.73. The Hall–Kier alpha value is -1.12. The van der Waals surface area contributed by atoms with Crippen LogP contribution in [0.5, 0.6) is 0 Å². The summed E-state index contributed by atoms with van der Waals surface area (Å²) in [5.74, 6) is 0.277. The predicted molar refractivity (Wildman–Crippen MR) is 94.7 cm³/mol. The lowest BCUT2D eigenvalue weighted by Gasteiger charge is -2.22. The zero-order chi connectivity index (χ0) is 16.7. The average molecular weight is 304 g/mol. The van der Waals surface area contributed by atoms with Gasteiger partial charge in [0.05, 0.1) is 12.2 Å². The molecule has 0 aliphatic heterocycles. The maximum Gasteiger partial charge on any atom is 0.0793 e. The van der Waals surface area contributed by atoms with Crippen molar-refractivity contribution in [1.82, 2.24) is 0 Å². The van der Waals surface area contributed by atoms with Crippen LogP contribution >= 0.6 is 0 Å². The van der Waals surface area contributed by atoms with Gasteiger partial charge < -0.3 is 10.2 Å². The van der Waals surface area contributed by atoms with Gasteiger partial charge in [0, 0.05) is 6.42 Å². The smallest absolute Gasteiger partial charge is 0.0793 e. The van der Waals surface area contributed by atoms with Gasteiger partial charge >= 0.3 is 0 Å². The molecular formula is C20H32O2. The van der Waals surface area contributed by atoms with Gasteiger partial charge in [0.1, 0.15) is 0 Å². The molecule has 1 aliphatic rings. The van der Waals surface area contributed by atoms with Gasteiger partial charge in [-0.1, -0.05) is 49.8 Å². The normalized spacial score (nSPS) is 33.2. The van der Waals surface area contributed by atoms with E-state index in [9.17, 15) is 10.2 Å². The zero-order valence-corrected chi connectivity index (χ0v) is 14.6. The molecule has 1 rings (SSSR count). The summed E-state index contributed by atoms with van der Waals surface area (Å²) in [6.45, 7) is 12.4. The molecule has 2 unspecified atom stereocenters. The van der Waals surface area contributed by atoms with Crippen LogP contribution in [0.3, 0.4) is 0 Å². The Bertz CT molecular complexity index is 466. The van der Waals surface area contributed by atoms with Crippen molar-refractivity contribution in [3.63, 3.8) is 0 Å². The second-order valence-electron chi connectivity index (χ2n) is 6.86. The van der Waals surface area contributed by atoms with Crippen molar-refractivity contribution in [2.45, 2.75) is 72.0 Å². The van der Waals surface area contributed by atoms with E-state index in [-0.39, 0.29) is 5.92 Å². The van der Waals surface area contributed by atoms with Crippen LogP contribution in [0.15, 0.2) is 47.1 Å². The van der Waals surface area contributed by atoms with Gasteiger partial charge in [-0.3, -0.25) is 0 Å². The molecule has 124 valence electrons. The van der Waals surface area contributed by atoms with E-state index in [0.717, 1.165) is 30.4 Å². The van der Waals surface area contributed by atoms with Gasteiger partial charge in [0.2, 0.25) is 0 Å². The molecule has 1 aliphatic carbocycles. The van der Waals surface area contributed by atoms with Gasteiger partial charge in [-0.2, -0.15) is 0 Å². The van der Waals surface area contributed by atoms with Crippen molar-refractivity contribution >= 4 is 0 Å². The minimum atomic E-state index is -0.564. The molecule has 2 nitrogen and oxygen atoms in total. The van der Waals surface area contributed by atoms with E-state index in [0.29, 0.717) is 12.8 Å². The zero-order valence-electron chi connectivity index (χ0n) is 14.6. The SMILES string of the molecule is C=C1CC(O)/C(C(C)C)=C/C=C(/C)CC/C=C(/C)CCC1O. The highest BCUT2D eigenvalue weighted by atomic mass is 16.3. The highest BCUT2D eigenvalue weighted by Gasteiger charge is 2.18. The largest absolute Gasteiger partial charge is 0.389 e. The Labute approximate surface area is 135 Å². The summed E-state index contributed by atoms with van der Waals surface area (Å²) in [4.78, 5) is 0. The molecule has 2 N–H and O–H groups in total. The first-order valence-electron chi connectivity index (χ1n) is 8.38. The van der Waals surface area contributed by atoms with Crippen LogP contribution in [0.1, 0.15) is 59.8 Å². The molecule has 0 aromatic rings. The third-order valence-electron chi connectivity index (χ3n) is 4.38. The first-order valence-corrected chi connectivity index (χ1v) is 8.38. The second-order valence-corrected chi connectivity index (χ2v) is 6.86. The Morgan fingerprint density at radius 3 is 2.36 bits per heavy atom. The first kappa shape index (κ1) is 18.9. The van der Waals surface area contributed by atoms with E-state index >= 15 is 0 Å². The quantitative estimate of drug-likeness (QED) is 0.689. The lowest BCUT2D eigenvalue weighted by Crippen LogP contribution is -2.20. The van der Waals surface area contributed by atoms with Crippen LogP contribution < -0.4 is 0 Å². The Kier molecular flexibility index (Phi) is 7.84. The summed E-state index contributed by atoms with van der Waals surface area (Å²) in [5, 5.41) is 20.7. The van der Waals surface area contributed by atoms with E-state index in [1.165, 1.54) is 11.1 Å². The van der Waals surface area contributed by atoms with Crippen molar-refractivity contribution in [3.8, 4) is 0 Å². The molecule has 0 spiro atoms. The molecule has 0 aromatic carbocycles. The molecular weight excluding hydrogens is 272 g/mol. The molecule has 22 heavy (non-hydrogen) atoms. The van der Waals surface area contributed by atoms with Gasteiger partial charge in [-0.15, -0.1) is 0 Å². The van der Waals surface area contributed by atoms with Crippen molar-refractivity contribution in [1.29, 1.82) is 0 Å². The Morgan fingerprint density at radius 1 is 1.05 bits per heavy atom. The van der Waals surface area contributed by atoms with E-state index in [1.807, 2.05) is 6.08 Å². The minimum Gasteiger partial charge on any atom is -0.389 e. The molecule has 0 fully saturated rings. The van der Waals surface area contributed by atoms with Gasteiger partial charge in [0.25, 0.3) is 0 Å². The van der Waals surface area contributed by atoms with E-state index in [2.05, 4.69) is 46.4 Å². The van der Waals surface area contributed by atoms with Crippen LogP contribution in [0.4, 0.5) is 0 Å². The molecule has 2 heteroatoms. The number of allylic oxidation sites excluding steroid dienone is 5. The van der Waals surface area contributed by atoms with Gasteiger partial charge in [-0.05, 0) is 56.6 Å². The third-order valence-corrected chi connectivity index (χ3v) is 4.38. The summed E-state index contributed by atoms with van der Waals surface area (Å²) < 4.78 is 0. The van der Waals surface area contributed by atoms with Crippen LogP contribution in [0.2, 0.25) is 0 Å². The molecule has 0 heterocycles. The number of rotatable bonds is 1. The highest BCUT2D eigenvalue weighted by molar-refractivity contribution is 5.23. The average Bonchev–Trinajstić information content (AvgIpc) is 2.43. The fourth-order valence-corrected chi connectivity index (χ4v) is 2.73. The van der Waals surface area contributed by atoms with Crippen LogP contribution in [-0.4, -0.2) is 22.4 Å². The maximum absolute atomic E-state index is 10.5. The number of hydrogen-bond acceptors (Lipinski definition) is 2. The van der Waals surface area contributed by atoms with E-state index in [4.69, 9.17) is 0 Å². The maximum atomic E-state index is 10.5. The first-order chi connectivity index (χ1) is 10.3. The number of hydrogen-bond donors (Lipinski definition) is 2. The monoisotopic (exact) mass is 304 g/mol. The molecule has 0 aromatic heterocycles. The van der Waals surface area contributed by atoms with Crippen LogP contribution in [0, 0.1) is 5.92 Å². The Balaban J connectivity index is 3.02. The van der Waals surface area contributed by atoms with Crippen LogP contribution in [-0.2, 0) is 0 Å². The topological polar surface area (TPSA) is 40.5 Å². The van der Waals surface area contributed by atoms with Crippen molar-refractivity contribution < 1.29 is 10.2 Å². The fraction of sp³-hybridized carbons (Fsp3) is 0.600. The summed E-state index contributed by atoms with van der Waals surface area (Å²) in [5.41, 5.74) is 4.38. The molecule has 2 atom stereocenters. The Morgan fingerprint density at radius 2 is 1.73 bits per heavy atom. The van der Waals surface area contributed by atoms with Crippen molar-refractivity contribution in [3.05, 3.63) is 47.1 Å². The van der Waals surface area contributed by atoms with E-state index in [1.54, 1.807) is 0 Å². The summed E-state index contributed by atoms with van der Waals surface area (Å²) in [6, 6.07) is 0. The lowest BCUT2D eigenvalue weighted by atomic mass is 9.90.